The first-order chi connectivity index (χ1) is 40.0. The van der Waals surface area contributed by atoms with E-state index in [2.05, 4.69) is 0 Å². The van der Waals surface area contributed by atoms with Crippen LogP contribution in [-0.4, -0.2) is 125 Å². The molecule has 20 nitrogen and oxygen atoms in total. The standard InChI is InChI=1S/4C16H30O5.Ti/c4*1-5-9-11-20-14(21-12-10-6-2)13(17)16(7-3,8-4)15(18)19;/h4*14H,5-12H2,1-4H3,(H,18,19);/q;;;;+4/p-4. The molecule has 0 radical (unpaired) electrons. The van der Waals surface area contributed by atoms with Crippen molar-refractivity contribution in [3.63, 3.8) is 0 Å². The number of ether oxygens (including phenoxy) is 8. The first kappa shape index (κ1) is 90.7. The van der Waals surface area contributed by atoms with Crippen LogP contribution >= 0.6 is 0 Å². The maximum Gasteiger partial charge on any atom is 4.00 e. The number of ketones is 4. The van der Waals surface area contributed by atoms with E-state index in [4.69, 9.17) is 37.9 Å². The van der Waals surface area contributed by atoms with Crippen molar-refractivity contribution < 1.29 is 118 Å². The number of aliphatic carboxylic acids is 4. The molecule has 496 valence electrons. The van der Waals surface area contributed by atoms with Crippen LogP contribution in [0.1, 0.15) is 265 Å². The van der Waals surface area contributed by atoms with Crippen LogP contribution in [0.15, 0.2) is 0 Å². The molecule has 0 unspecified atom stereocenters. The van der Waals surface area contributed by atoms with Gasteiger partial charge in [0.1, 0.15) is 0 Å². The van der Waals surface area contributed by atoms with E-state index in [-0.39, 0.29) is 73.1 Å². The van der Waals surface area contributed by atoms with Gasteiger partial charge in [-0.25, -0.2) is 0 Å². The largest absolute Gasteiger partial charge is 4.00 e. The Labute approximate surface area is 527 Å². The smallest absolute Gasteiger partial charge is 0.549 e. The van der Waals surface area contributed by atoms with Crippen LogP contribution in [-0.2, 0) is 98.0 Å². The average Bonchev–Trinajstić information content (AvgIpc) is 3.69. The minimum Gasteiger partial charge on any atom is -0.549 e. The third-order valence-corrected chi connectivity index (χ3v) is 15.3. The summed E-state index contributed by atoms with van der Waals surface area (Å²) >= 11 is 0. The monoisotopic (exact) mass is 1250 g/mol. The van der Waals surface area contributed by atoms with Gasteiger partial charge >= 0.3 is 21.7 Å². The molecule has 0 aromatic carbocycles. The van der Waals surface area contributed by atoms with Gasteiger partial charge in [-0.05, 0) is 103 Å². The van der Waals surface area contributed by atoms with E-state index in [0.29, 0.717) is 52.9 Å². The van der Waals surface area contributed by atoms with E-state index >= 15 is 0 Å². The molecule has 0 rings (SSSR count). The fourth-order valence-electron chi connectivity index (χ4n) is 8.33. The first-order valence-corrected chi connectivity index (χ1v) is 31.9. The molecular weight excluding hydrogens is 1140 g/mol. The maximum atomic E-state index is 12.6. The fourth-order valence-corrected chi connectivity index (χ4v) is 8.33. The van der Waals surface area contributed by atoms with E-state index in [1.807, 2.05) is 55.4 Å². The van der Waals surface area contributed by atoms with E-state index in [9.17, 15) is 58.8 Å². The van der Waals surface area contributed by atoms with Gasteiger partial charge in [-0.1, -0.05) is 162 Å². The fraction of sp³-hybridized carbons (Fsp3) is 0.875. The summed E-state index contributed by atoms with van der Waals surface area (Å²) in [6, 6.07) is 0. The van der Waals surface area contributed by atoms with Crippen molar-refractivity contribution in [3.05, 3.63) is 0 Å². The van der Waals surface area contributed by atoms with Crippen molar-refractivity contribution >= 4 is 47.0 Å². The van der Waals surface area contributed by atoms with Crippen molar-refractivity contribution in [3.8, 4) is 0 Å². The first-order valence-electron chi connectivity index (χ1n) is 31.9. The van der Waals surface area contributed by atoms with Gasteiger partial charge in [0.2, 0.25) is 25.2 Å². The molecule has 85 heavy (non-hydrogen) atoms. The molecule has 0 heterocycles. The van der Waals surface area contributed by atoms with Crippen molar-refractivity contribution in [1.82, 2.24) is 0 Å². The zero-order valence-corrected chi connectivity index (χ0v) is 57.2. The third-order valence-electron chi connectivity index (χ3n) is 15.3. The molecule has 0 bridgehead atoms. The van der Waals surface area contributed by atoms with Gasteiger partial charge in [0, 0.05) is 0 Å². The number of carboxylic acids is 4. The number of rotatable bonds is 52. The summed E-state index contributed by atoms with van der Waals surface area (Å²) in [6.07, 6.45) is 10.9. The Bertz CT molecular complexity index is 1460. The van der Waals surface area contributed by atoms with Gasteiger partial charge in [0.25, 0.3) is 0 Å². The Kier molecular flexibility index (Phi) is 58.7. The summed E-state index contributed by atoms with van der Waals surface area (Å²) in [7, 11) is 0. The Morgan fingerprint density at radius 1 is 0.247 bits per heavy atom. The Morgan fingerprint density at radius 2 is 0.353 bits per heavy atom. The van der Waals surface area contributed by atoms with Crippen LogP contribution in [0.3, 0.4) is 0 Å². The van der Waals surface area contributed by atoms with E-state index in [1.54, 1.807) is 55.4 Å². The van der Waals surface area contributed by atoms with Gasteiger partial charge in [0.15, 0.2) is 23.1 Å². The second kappa shape index (κ2) is 55.1. The average molecular weight is 1250 g/mol. The minimum absolute atomic E-state index is 0. The van der Waals surface area contributed by atoms with Crippen molar-refractivity contribution in [1.29, 1.82) is 0 Å². The molecule has 0 saturated heterocycles. The predicted octanol–water partition coefficient (Wildman–Crippen LogP) is 8.28. The molecule has 0 atom stereocenters. The zero-order valence-electron chi connectivity index (χ0n) is 55.6. The summed E-state index contributed by atoms with van der Waals surface area (Å²) in [4.78, 5) is 96.1. The topological polar surface area (TPSA) is 303 Å². The molecule has 0 spiro atoms. The normalized spacial score (nSPS) is 11.7. The maximum absolute atomic E-state index is 12.6. The molecule has 0 aromatic rings. The van der Waals surface area contributed by atoms with Crippen LogP contribution in [0.4, 0.5) is 0 Å². The van der Waals surface area contributed by atoms with Gasteiger partial charge in [-0.15, -0.1) is 0 Å². The molecular formula is C64H116O20Ti. The Balaban J connectivity index is -0.000000333. The molecule has 0 aromatic heterocycles. The number of unbranched alkanes of at least 4 members (excludes halogenated alkanes) is 8. The number of Topliss-reactive ketones (excluding diaryl/α,β-unsaturated/α-hetero) is 4. The zero-order chi connectivity index (χ0) is 65.2. The number of carbonyl (C=O) groups is 8. The van der Waals surface area contributed by atoms with Crippen molar-refractivity contribution in [2.24, 2.45) is 21.7 Å². The molecule has 21 heteroatoms. The molecule has 0 amide bonds. The van der Waals surface area contributed by atoms with E-state index in [0.717, 1.165) is 103 Å². The second-order valence-electron chi connectivity index (χ2n) is 20.9. The molecule has 0 saturated carbocycles. The van der Waals surface area contributed by atoms with Crippen LogP contribution < -0.4 is 20.4 Å². The second-order valence-corrected chi connectivity index (χ2v) is 20.9. The third kappa shape index (κ3) is 32.3. The molecule has 0 fully saturated rings. The summed E-state index contributed by atoms with van der Waals surface area (Å²) in [5.74, 6) is -7.50. The van der Waals surface area contributed by atoms with Gasteiger partial charge in [0.05, 0.1) is 98.4 Å². The van der Waals surface area contributed by atoms with Crippen LogP contribution in [0.25, 0.3) is 0 Å². The van der Waals surface area contributed by atoms with Gasteiger partial charge in [-0.3, -0.25) is 19.2 Å². The quantitative estimate of drug-likeness (QED) is 0.0239. The summed E-state index contributed by atoms with van der Waals surface area (Å²) in [5, 5.41) is 45.8. The van der Waals surface area contributed by atoms with Gasteiger partial charge in [-0.2, -0.15) is 0 Å². The van der Waals surface area contributed by atoms with E-state index < -0.39 is 93.8 Å². The van der Waals surface area contributed by atoms with Crippen molar-refractivity contribution in [2.75, 3.05) is 52.9 Å². The van der Waals surface area contributed by atoms with Crippen LogP contribution in [0.5, 0.6) is 0 Å². The van der Waals surface area contributed by atoms with Crippen molar-refractivity contribution in [2.45, 2.75) is 290 Å². The SMILES string of the molecule is CCCCOC(OCCCC)C(=O)C(CC)(CC)C(=O)[O-].CCCCOC(OCCCC)C(=O)C(CC)(CC)C(=O)[O-].CCCCOC(OCCCC)C(=O)C(CC)(CC)C(=O)[O-].CCCCOC(OCCCC)C(=O)C(CC)(CC)C(=O)[O-].[Ti+4]. The number of carboxylic acid groups (broad SMARTS) is 4. The summed E-state index contributed by atoms with van der Waals surface area (Å²) in [6.45, 7) is 32.6. The van der Waals surface area contributed by atoms with Gasteiger partial charge < -0.3 is 77.5 Å². The van der Waals surface area contributed by atoms with Crippen LogP contribution in [0.2, 0.25) is 0 Å². The minimum atomic E-state index is -1.52. The number of hydrogen-bond donors (Lipinski definition) is 0. The van der Waals surface area contributed by atoms with E-state index in [1.165, 1.54) is 0 Å². The number of hydrogen-bond acceptors (Lipinski definition) is 20. The molecule has 0 aliphatic rings. The predicted molar refractivity (Wildman–Crippen MR) is 314 cm³/mol. The van der Waals surface area contributed by atoms with Crippen LogP contribution in [0, 0.1) is 21.7 Å². The molecule has 0 aliphatic carbocycles. The molecule has 0 N–H and O–H groups in total. The Hall–Kier alpha value is -3.05. The Morgan fingerprint density at radius 3 is 0.424 bits per heavy atom. The number of carbonyl (C=O) groups excluding carboxylic acids is 8. The molecule has 0 aliphatic heterocycles. The summed E-state index contributed by atoms with van der Waals surface area (Å²) < 4.78 is 43.9. The summed E-state index contributed by atoms with van der Waals surface area (Å²) in [5.41, 5.74) is -6.10.